The van der Waals surface area contributed by atoms with Gasteiger partial charge >= 0.3 is 0 Å². The van der Waals surface area contributed by atoms with Crippen molar-refractivity contribution in [2.45, 2.75) is 0 Å². The molecule has 0 atom stereocenters. The number of methoxy groups -OCH3 is 1. The molecule has 0 aliphatic rings. The van der Waals surface area contributed by atoms with Crippen LogP contribution in [-0.4, -0.2) is 7.11 Å². The van der Waals surface area contributed by atoms with Gasteiger partial charge in [-0.15, -0.1) is 0 Å². The zero-order chi connectivity index (χ0) is 11.4. The summed E-state index contributed by atoms with van der Waals surface area (Å²) in [5, 5.41) is 0. The standard InChI is InChI=1S/C14H11NO/c1-15-14-9-8-12(16-2)10-13(14)11-6-4-3-5-7-11/h3-10H,2H3. The van der Waals surface area contributed by atoms with Crippen molar-refractivity contribution >= 4 is 5.69 Å². The van der Waals surface area contributed by atoms with Crippen molar-refractivity contribution in [3.63, 3.8) is 0 Å². The lowest BCUT2D eigenvalue weighted by atomic mass is 10.0. The van der Waals surface area contributed by atoms with Crippen LogP contribution in [0.3, 0.4) is 0 Å². The molecule has 0 heterocycles. The van der Waals surface area contributed by atoms with Gasteiger partial charge < -0.3 is 4.74 Å². The summed E-state index contributed by atoms with van der Waals surface area (Å²) in [4.78, 5) is 3.52. The van der Waals surface area contributed by atoms with Gasteiger partial charge in [0.25, 0.3) is 0 Å². The first-order chi connectivity index (χ1) is 7.85. The zero-order valence-corrected chi connectivity index (χ0v) is 8.97. The lowest BCUT2D eigenvalue weighted by Gasteiger charge is -2.06. The fourth-order valence-corrected chi connectivity index (χ4v) is 1.59. The molecule has 0 aliphatic heterocycles. The molecule has 2 aromatic carbocycles. The average molecular weight is 209 g/mol. The lowest BCUT2D eigenvalue weighted by Crippen LogP contribution is -1.84. The Morgan fingerprint density at radius 1 is 1.06 bits per heavy atom. The summed E-state index contributed by atoms with van der Waals surface area (Å²) in [6.45, 7) is 7.15. The van der Waals surface area contributed by atoms with E-state index in [1.807, 2.05) is 36.4 Å². The number of benzene rings is 2. The van der Waals surface area contributed by atoms with E-state index < -0.39 is 0 Å². The Balaban J connectivity index is 2.59. The predicted octanol–water partition coefficient (Wildman–Crippen LogP) is 3.91. The lowest BCUT2D eigenvalue weighted by molar-refractivity contribution is 0.415. The first-order valence-electron chi connectivity index (χ1n) is 4.96. The van der Waals surface area contributed by atoms with E-state index in [4.69, 9.17) is 11.3 Å². The van der Waals surface area contributed by atoms with E-state index in [0.29, 0.717) is 5.69 Å². The normalized spacial score (nSPS) is 9.50. The van der Waals surface area contributed by atoms with Gasteiger partial charge in [0, 0.05) is 0 Å². The van der Waals surface area contributed by atoms with Crippen LogP contribution in [0.15, 0.2) is 48.5 Å². The summed E-state index contributed by atoms with van der Waals surface area (Å²) in [5.41, 5.74) is 2.59. The van der Waals surface area contributed by atoms with Gasteiger partial charge in [0.1, 0.15) is 5.75 Å². The molecule has 16 heavy (non-hydrogen) atoms. The zero-order valence-electron chi connectivity index (χ0n) is 8.97. The van der Waals surface area contributed by atoms with Crippen molar-refractivity contribution in [2.24, 2.45) is 0 Å². The minimum Gasteiger partial charge on any atom is -0.497 e. The molecule has 0 radical (unpaired) electrons. The summed E-state index contributed by atoms with van der Waals surface area (Å²) >= 11 is 0. The van der Waals surface area contributed by atoms with E-state index in [-0.39, 0.29) is 0 Å². The first kappa shape index (κ1) is 10.3. The van der Waals surface area contributed by atoms with Crippen LogP contribution in [-0.2, 0) is 0 Å². The molecule has 0 unspecified atom stereocenters. The van der Waals surface area contributed by atoms with E-state index in [1.165, 1.54) is 0 Å². The van der Waals surface area contributed by atoms with Crippen molar-refractivity contribution in [1.29, 1.82) is 0 Å². The first-order valence-corrected chi connectivity index (χ1v) is 4.96. The number of rotatable bonds is 2. The fourth-order valence-electron chi connectivity index (χ4n) is 1.59. The summed E-state index contributed by atoms with van der Waals surface area (Å²) in [7, 11) is 1.63. The highest BCUT2D eigenvalue weighted by atomic mass is 16.5. The summed E-state index contributed by atoms with van der Waals surface area (Å²) < 4.78 is 5.17. The Hall–Kier alpha value is -2.27. The maximum Gasteiger partial charge on any atom is 0.195 e. The van der Waals surface area contributed by atoms with Crippen LogP contribution >= 0.6 is 0 Å². The molecule has 78 valence electrons. The molecule has 0 aromatic heterocycles. The second-order valence-electron chi connectivity index (χ2n) is 3.36. The van der Waals surface area contributed by atoms with Crippen molar-refractivity contribution in [3.05, 3.63) is 59.9 Å². The van der Waals surface area contributed by atoms with E-state index in [9.17, 15) is 0 Å². The van der Waals surface area contributed by atoms with Crippen LogP contribution in [0, 0.1) is 6.57 Å². The van der Waals surface area contributed by atoms with Crippen molar-refractivity contribution in [2.75, 3.05) is 7.11 Å². The summed E-state index contributed by atoms with van der Waals surface area (Å²) in [6, 6.07) is 15.3. The van der Waals surface area contributed by atoms with Crippen LogP contribution in [0.5, 0.6) is 5.75 Å². The van der Waals surface area contributed by atoms with Crippen LogP contribution in [0.4, 0.5) is 5.69 Å². The summed E-state index contributed by atoms with van der Waals surface area (Å²) in [5.74, 6) is 0.770. The molecular formula is C14H11NO. The van der Waals surface area contributed by atoms with Gasteiger partial charge in [-0.1, -0.05) is 36.4 Å². The predicted molar refractivity (Wildman–Crippen MR) is 64.7 cm³/mol. The highest BCUT2D eigenvalue weighted by molar-refractivity contribution is 5.79. The minimum absolute atomic E-state index is 0.645. The molecule has 0 amide bonds. The third-order valence-electron chi connectivity index (χ3n) is 2.41. The van der Waals surface area contributed by atoms with Crippen LogP contribution in [0.2, 0.25) is 0 Å². The molecule has 0 saturated heterocycles. The summed E-state index contributed by atoms with van der Waals surface area (Å²) in [6.07, 6.45) is 0. The van der Waals surface area contributed by atoms with Crippen molar-refractivity contribution in [3.8, 4) is 16.9 Å². The van der Waals surface area contributed by atoms with Gasteiger partial charge in [0.05, 0.1) is 13.7 Å². The minimum atomic E-state index is 0.645. The van der Waals surface area contributed by atoms with Gasteiger partial charge in [0.15, 0.2) is 5.69 Å². The molecule has 0 spiro atoms. The third kappa shape index (κ3) is 1.89. The fraction of sp³-hybridized carbons (Fsp3) is 0.0714. The van der Waals surface area contributed by atoms with Gasteiger partial charge in [-0.3, -0.25) is 0 Å². The number of hydrogen-bond acceptors (Lipinski definition) is 1. The Kier molecular flexibility index (Phi) is 2.88. The highest BCUT2D eigenvalue weighted by Gasteiger charge is 2.05. The molecule has 0 bridgehead atoms. The SMILES string of the molecule is [C-]#[N+]c1ccc(OC)cc1-c1ccccc1. The Morgan fingerprint density at radius 3 is 2.44 bits per heavy atom. The van der Waals surface area contributed by atoms with Crippen LogP contribution < -0.4 is 4.74 Å². The molecular weight excluding hydrogens is 198 g/mol. The number of ether oxygens (including phenoxy) is 1. The molecule has 0 fully saturated rings. The Bertz CT molecular complexity index is 526. The molecule has 0 saturated carbocycles. The quantitative estimate of drug-likeness (QED) is 0.683. The van der Waals surface area contributed by atoms with Crippen molar-refractivity contribution < 1.29 is 4.74 Å². The maximum absolute atomic E-state index is 7.15. The molecule has 2 rings (SSSR count). The second kappa shape index (κ2) is 4.50. The Morgan fingerprint density at radius 2 is 1.81 bits per heavy atom. The van der Waals surface area contributed by atoms with Gasteiger partial charge in [0.2, 0.25) is 0 Å². The van der Waals surface area contributed by atoms with E-state index >= 15 is 0 Å². The molecule has 0 aliphatic carbocycles. The van der Waals surface area contributed by atoms with Crippen LogP contribution in [0.25, 0.3) is 16.0 Å². The van der Waals surface area contributed by atoms with Crippen molar-refractivity contribution in [1.82, 2.24) is 0 Å². The Labute approximate surface area is 94.9 Å². The molecule has 0 N–H and O–H groups in total. The number of nitrogens with zero attached hydrogens (tertiary/aromatic N) is 1. The maximum atomic E-state index is 7.15. The second-order valence-corrected chi connectivity index (χ2v) is 3.36. The monoisotopic (exact) mass is 209 g/mol. The third-order valence-corrected chi connectivity index (χ3v) is 2.41. The average Bonchev–Trinajstić information content (AvgIpc) is 2.39. The van der Waals surface area contributed by atoms with Gasteiger partial charge in [-0.25, -0.2) is 4.85 Å². The topological polar surface area (TPSA) is 13.6 Å². The molecule has 2 nitrogen and oxygen atoms in total. The van der Waals surface area contributed by atoms with Gasteiger partial charge in [-0.05, 0) is 23.3 Å². The molecule has 2 aromatic rings. The van der Waals surface area contributed by atoms with E-state index in [1.54, 1.807) is 19.2 Å². The number of hydrogen-bond donors (Lipinski definition) is 0. The molecule has 2 heteroatoms. The highest BCUT2D eigenvalue weighted by Crippen LogP contribution is 2.33. The van der Waals surface area contributed by atoms with Gasteiger partial charge in [-0.2, -0.15) is 0 Å². The van der Waals surface area contributed by atoms with E-state index in [0.717, 1.165) is 16.9 Å². The largest absolute Gasteiger partial charge is 0.497 e. The smallest absolute Gasteiger partial charge is 0.195 e. The van der Waals surface area contributed by atoms with Crippen LogP contribution in [0.1, 0.15) is 0 Å². The van der Waals surface area contributed by atoms with E-state index in [2.05, 4.69) is 4.85 Å².